The van der Waals surface area contributed by atoms with Crippen LogP contribution in [-0.4, -0.2) is 55.2 Å². The van der Waals surface area contributed by atoms with Gasteiger partial charge in [-0.2, -0.15) is 0 Å². The summed E-state index contributed by atoms with van der Waals surface area (Å²) in [5, 5.41) is 6.77. The number of nitrogens with zero attached hydrogens (tertiary/aromatic N) is 5. The van der Waals surface area contributed by atoms with E-state index in [9.17, 15) is 4.39 Å². The minimum atomic E-state index is -0.277. The standard InChI is InChI=1S/C21H28FN7.HI/c1-23-21(26-14-16-6-7-19(25-13-16)28-10-2-3-11-28)27-17-8-12-29(15-17)20-18(22)5-4-9-24-20;/h4-7,9,13,17H,2-3,8,10-12,14-15H2,1H3,(H2,23,26,27);1H. The zero-order valence-corrected chi connectivity index (χ0v) is 19.6. The largest absolute Gasteiger partial charge is 0.357 e. The molecule has 4 heterocycles. The first kappa shape index (κ1) is 22.5. The Morgan fingerprint density at radius 1 is 1.17 bits per heavy atom. The fourth-order valence-electron chi connectivity index (χ4n) is 3.91. The summed E-state index contributed by atoms with van der Waals surface area (Å²) in [7, 11) is 1.76. The number of aliphatic imine (C=N–C) groups is 1. The molecule has 0 radical (unpaired) electrons. The van der Waals surface area contributed by atoms with Crippen LogP contribution in [0.5, 0.6) is 0 Å². The number of halogens is 2. The van der Waals surface area contributed by atoms with E-state index in [1.54, 1.807) is 19.3 Å². The molecule has 4 rings (SSSR count). The summed E-state index contributed by atoms with van der Waals surface area (Å²) < 4.78 is 14.0. The Morgan fingerprint density at radius 3 is 2.70 bits per heavy atom. The molecule has 1 unspecified atom stereocenters. The lowest BCUT2D eigenvalue weighted by molar-refractivity contribution is 0.612. The fraction of sp³-hybridized carbons (Fsp3) is 0.476. The Kier molecular flexibility index (Phi) is 8.06. The Balaban J connectivity index is 0.00000256. The van der Waals surface area contributed by atoms with E-state index in [1.165, 1.54) is 18.9 Å². The third kappa shape index (κ3) is 5.50. The maximum atomic E-state index is 14.0. The molecule has 2 aliphatic rings. The molecule has 2 aromatic rings. The van der Waals surface area contributed by atoms with Crippen molar-refractivity contribution in [2.75, 3.05) is 43.0 Å². The van der Waals surface area contributed by atoms with E-state index in [2.05, 4.69) is 42.6 Å². The van der Waals surface area contributed by atoms with Gasteiger partial charge in [-0.1, -0.05) is 6.07 Å². The van der Waals surface area contributed by atoms with Gasteiger partial charge in [-0.3, -0.25) is 4.99 Å². The lowest BCUT2D eigenvalue weighted by atomic mass is 10.2. The van der Waals surface area contributed by atoms with Crippen LogP contribution in [0, 0.1) is 5.82 Å². The van der Waals surface area contributed by atoms with Gasteiger partial charge in [-0.05, 0) is 43.0 Å². The highest BCUT2D eigenvalue weighted by atomic mass is 127. The molecular weight excluding hydrogens is 496 g/mol. The van der Waals surface area contributed by atoms with Crippen molar-refractivity contribution < 1.29 is 4.39 Å². The fourth-order valence-corrected chi connectivity index (χ4v) is 3.91. The number of nitrogens with one attached hydrogen (secondary N) is 2. The number of anilines is 2. The summed E-state index contributed by atoms with van der Waals surface area (Å²) in [5.41, 5.74) is 1.11. The first-order valence-corrected chi connectivity index (χ1v) is 10.3. The van der Waals surface area contributed by atoms with Gasteiger partial charge in [0, 0.05) is 58.2 Å². The van der Waals surface area contributed by atoms with E-state index in [0.29, 0.717) is 18.9 Å². The van der Waals surface area contributed by atoms with Crippen LogP contribution in [-0.2, 0) is 6.54 Å². The molecule has 2 N–H and O–H groups in total. The number of pyridine rings is 2. The van der Waals surface area contributed by atoms with E-state index < -0.39 is 0 Å². The highest BCUT2D eigenvalue weighted by molar-refractivity contribution is 14.0. The van der Waals surface area contributed by atoms with E-state index in [0.717, 1.165) is 43.4 Å². The van der Waals surface area contributed by atoms with Crippen molar-refractivity contribution in [2.24, 2.45) is 4.99 Å². The molecule has 9 heteroatoms. The SMILES string of the molecule is CN=C(NCc1ccc(N2CCCC2)nc1)NC1CCN(c2ncccc2F)C1.I. The molecule has 0 aromatic carbocycles. The monoisotopic (exact) mass is 525 g/mol. The summed E-state index contributed by atoms with van der Waals surface area (Å²) in [6.45, 7) is 4.31. The number of guanidine groups is 1. The first-order valence-electron chi connectivity index (χ1n) is 10.3. The highest BCUT2D eigenvalue weighted by Gasteiger charge is 2.25. The van der Waals surface area contributed by atoms with Crippen molar-refractivity contribution in [3.05, 3.63) is 48.0 Å². The van der Waals surface area contributed by atoms with Crippen molar-refractivity contribution in [1.29, 1.82) is 0 Å². The van der Waals surface area contributed by atoms with Crippen molar-refractivity contribution >= 4 is 41.6 Å². The molecule has 30 heavy (non-hydrogen) atoms. The van der Waals surface area contributed by atoms with Crippen LogP contribution >= 0.6 is 24.0 Å². The summed E-state index contributed by atoms with van der Waals surface area (Å²) in [6.07, 6.45) is 6.96. The third-order valence-electron chi connectivity index (χ3n) is 5.49. The molecule has 0 saturated carbocycles. The molecular formula is C21H29FIN7. The van der Waals surface area contributed by atoms with Crippen molar-refractivity contribution in [2.45, 2.75) is 31.8 Å². The van der Waals surface area contributed by atoms with Crippen LogP contribution in [0.15, 0.2) is 41.7 Å². The van der Waals surface area contributed by atoms with Gasteiger partial charge < -0.3 is 20.4 Å². The zero-order chi connectivity index (χ0) is 20.1. The Hall–Kier alpha value is -2.17. The van der Waals surface area contributed by atoms with E-state index in [1.807, 2.05) is 11.1 Å². The summed E-state index contributed by atoms with van der Waals surface area (Å²) in [4.78, 5) is 17.4. The molecule has 2 saturated heterocycles. The minimum absolute atomic E-state index is 0. The molecule has 2 aliphatic heterocycles. The third-order valence-corrected chi connectivity index (χ3v) is 5.49. The molecule has 162 valence electrons. The molecule has 0 amide bonds. The molecule has 0 aliphatic carbocycles. The minimum Gasteiger partial charge on any atom is -0.357 e. The number of rotatable bonds is 5. The normalized spacial score (nSPS) is 19.0. The van der Waals surface area contributed by atoms with Crippen LogP contribution in [0.2, 0.25) is 0 Å². The molecule has 2 fully saturated rings. The van der Waals surface area contributed by atoms with Crippen molar-refractivity contribution in [3.63, 3.8) is 0 Å². The first-order chi connectivity index (χ1) is 14.2. The maximum absolute atomic E-state index is 14.0. The Labute approximate surface area is 194 Å². The van der Waals surface area contributed by atoms with Gasteiger partial charge in [0.25, 0.3) is 0 Å². The molecule has 0 bridgehead atoms. The summed E-state index contributed by atoms with van der Waals surface area (Å²) in [5.74, 6) is 1.94. The highest BCUT2D eigenvalue weighted by Crippen LogP contribution is 2.21. The van der Waals surface area contributed by atoms with Crippen molar-refractivity contribution in [1.82, 2.24) is 20.6 Å². The summed E-state index contributed by atoms with van der Waals surface area (Å²) in [6, 6.07) is 7.46. The predicted molar refractivity (Wildman–Crippen MR) is 129 cm³/mol. The maximum Gasteiger partial charge on any atom is 0.191 e. The predicted octanol–water partition coefficient (Wildman–Crippen LogP) is 2.78. The van der Waals surface area contributed by atoms with E-state index >= 15 is 0 Å². The van der Waals surface area contributed by atoms with Crippen LogP contribution in [0.1, 0.15) is 24.8 Å². The van der Waals surface area contributed by atoms with Crippen molar-refractivity contribution in [3.8, 4) is 0 Å². The quantitative estimate of drug-likeness (QED) is 0.356. The number of hydrogen-bond acceptors (Lipinski definition) is 5. The summed E-state index contributed by atoms with van der Waals surface area (Å²) >= 11 is 0. The van der Waals surface area contributed by atoms with Gasteiger partial charge >= 0.3 is 0 Å². The Morgan fingerprint density at radius 2 is 2.00 bits per heavy atom. The second-order valence-corrected chi connectivity index (χ2v) is 7.53. The van der Waals surface area contributed by atoms with Crippen LogP contribution in [0.3, 0.4) is 0 Å². The topological polar surface area (TPSA) is 68.7 Å². The molecule has 1 atom stereocenters. The second kappa shape index (κ2) is 10.7. The van der Waals surface area contributed by atoms with Gasteiger partial charge in [0.15, 0.2) is 17.6 Å². The Bertz CT molecular complexity index is 840. The van der Waals surface area contributed by atoms with Gasteiger partial charge in [0.05, 0.1) is 0 Å². The number of hydrogen-bond donors (Lipinski definition) is 2. The molecule has 2 aromatic heterocycles. The van der Waals surface area contributed by atoms with Gasteiger partial charge in [-0.15, -0.1) is 24.0 Å². The lowest BCUT2D eigenvalue weighted by Gasteiger charge is -2.20. The van der Waals surface area contributed by atoms with Crippen LogP contribution in [0.4, 0.5) is 16.0 Å². The average Bonchev–Trinajstić information content (AvgIpc) is 3.44. The average molecular weight is 525 g/mol. The van der Waals surface area contributed by atoms with Gasteiger partial charge in [0.2, 0.25) is 0 Å². The van der Waals surface area contributed by atoms with Crippen LogP contribution in [0.25, 0.3) is 0 Å². The van der Waals surface area contributed by atoms with E-state index in [4.69, 9.17) is 0 Å². The number of aromatic nitrogens is 2. The molecule has 7 nitrogen and oxygen atoms in total. The lowest BCUT2D eigenvalue weighted by Crippen LogP contribution is -2.44. The van der Waals surface area contributed by atoms with Gasteiger partial charge in [-0.25, -0.2) is 14.4 Å². The smallest absolute Gasteiger partial charge is 0.191 e. The van der Waals surface area contributed by atoms with Crippen LogP contribution < -0.4 is 20.4 Å². The molecule has 0 spiro atoms. The van der Waals surface area contributed by atoms with E-state index in [-0.39, 0.29) is 35.8 Å². The zero-order valence-electron chi connectivity index (χ0n) is 17.2. The second-order valence-electron chi connectivity index (χ2n) is 7.53. The van der Waals surface area contributed by atoms with Gasteiger partial charge in [0.1, 0.15) is 5.82 Å².